The van der Waals surface area contributed by atoms with E-state index >= 15 is 0 Å². The molecule has 6 heteroatoms. The highest BCUT2D eigenvalue weighted by molar-refractivity contribution is 5.95. The summed E-state index contributed by atoms with van der Waals surface area (Å²) in [7, 11) is 0. The lowest BCUT2D eigenvalue weighted by atomic mass is 9.98. The predicted molar refractivity (Wildman–Crippen MR) is 87.2 cm³/mol. The molecule has 25 heavy (non-hydrogen) atoms. The smallest absolute Gasteiger partial charge is 0.260 e. The van der Waals surface area contributed by atoms with Crippen molar-refractivity contribution < 1.29 is 18.3 Å². The minimum absolute atomic E-state index is 0.0174. The number of rotatable bonds is 3. The first-order valence-electron chi connectivity index (χ1n) is 8.47. The van der Waals surface area contributed by atoms with Gasteiger partial charge in [0.05, 0.1) is 6.20 Å². The molecule has 2 aromatic rings. The van der Waals surface area contributed by atoms with Crippen molar-refractivity contribution in [2.75, 3.05) is 0 Å². The number of benzene rings is 1. The molecular formula is C19H18F2N2O2. The second-order valence-corrected chi connectivity index (χ2v) is 6.59. The van der Waals surface area contributed by atoms with Gasteiger partial charge in [0.25, 0.3) is 5.91 Å². The van der Waals surface area contributed by atoms with Gasteiger partial charge in [-0.25, -0.2) is 8.78 Å². The van der Waals surface area contributed by atoms with Crippen molar-refractivity contribution in [1.82, 2.24) is 9.88 Å². The summed E-state index contributed by atoms with van der Waals surface area (Å²) >= 11 is 0. The van der Waals surface area contributed by atoms with Crippen LogP contribution in [-0.4, -0.2) is 34.0 Å². The van der Waals surface area contributed by atoms with Crippen LogP contribution in [0.5, 0.6) is 5.75 Å². The van der Waals surface area contributed by atoms with Gasteiger partial charge in [0, 0.05) is 31.1 Å². The van der Waals surface area contributed by atoms with Crippen LogP contribution in [0.4, 0.5) is 8.78 Å². The van der Waals surface area contributed by atoms with Gasteiger partial charge in [0.1, 0.15) is 29.1 Å². The van der Waals surface area contributed by atoms with Crippen molar-refractivity contribution >= 4 is 5.91 Å². The molecule has 1 aromatic heterocycles. The summed E-state index contributed by atoms with van der Waals surface area (Å²) in [6.45, 7) is 0. The number of piperidine rings is 1. The highest BCUT2D eigenvalue weighted by Gasteiger charge is 2.45. The molecule has 0 radical (unpaired) electrons. The molecule has 4 rings (SSSR count). The molecule has 2 aliphatic rings. The van der Waals surface area contributed by atoms with E-state index < -0.39 is 23.1 Å². The molecule has 3 heterocycles. The van der Waals surface area contributed by atoms with Crippen molar-refractivity contribution in [3.05, 3.63) is 59.9 Å². The van der Waals surface area contributed by atoms with E-state index in [1.165, 1.54) is 6.07 Å². The molecule has 2 bridgehead atoms. The number of amides is 1. The fraction of sp³-hybridized carbons (Fsp3) is 0.368. The molecule has 0 saturated carbocycles. The van der Waals surface area contributed by atoms with Gasteiger partial charge in [0.2, 0.25) is 0 Å². The van der Waals surface area contributed by atoms with Gasteiger partial charge in [-0.05, 0) is 37.1 Å². The van der Waals surface area contributed by atoms with E-state index in [1.807, 2.05) is 12.1 Å². The number of hydrogen-bond donors (Lipinski definition) is 0. The zero-order valence-electron chi connectivity index (χ0n) is 13.6. The number of fused-ring (bicyclic) bond motifs is 2. The Balaban J connectivity index is 1.52. The third-order valence-electron chi connectivity index (χ3n) is 5.04. The largest absolute Gasteiger partial charge is 0.489 e. The Morgan fingerprint density at radius 3 is 2.36 bits per heavy atom. The van der Waals surface area contributed by atoms with Gasteiger partial charge in [-0.2, -0.15) is 0 Å². The van der Waals surface area contributed by atoms with E-state index in [0.717, 1.165) is 25.0 Å². The zero-order chi connectivity index (χ0) is 17.4. The predicted octanol–water partition coefficient (Wildman–Crippen LogP) is 3.57. The Kier molecular flexibility index (Phi) is 4.11. The minimum atomic E-state index is -0.807. The Hall–Kier alpha value is -2.50. The highest BCUT2D eigenvalue weighted by atomic mass is 19.1. The number of pyridine rings is 1. The highest BCUT2D eigenvalue weighted by Crippen LogP contribution is 2.38. The van der Waals surface area contributed by atoms with E-state index in [1.54, 1.807) is 17.3 Å². The first-order valence-corrected chi connectivity index (χ1v) is 8.47. The second-order valence-electron chi connectivity index (χ2n) is 6.59. The van der Waals surface area contributed by atoms with E-state index in [9.17, 15) is 13.6 Å². The summed E-state index contributed by atoms with van der Waals surface area (Å²) in [6, 6.07) is 7.07. The van der Waals surface area contributed by atoms with Crippen LogP contribution < -0.4 is 4.74 Å². The third kappa shape index (κ3) is 2.97. The molecule has 2 saturated heterocycles. The number of halogens is 2. The van der Waals surface area contributed by atoms with Gasteiger partial charge < -0.3 is 9.64 Å². The van der Waals surface area contributed by atoms with Crippen LogP contribution in [0.3, 0.4) is 0 Å². The first-order chi connectivity index (χ1) is 12.1. The lowest BCUT2D eigenvalue weighted by molar-refractivity contribution is 0.0350. The maximum atomic E-state index is 14.0. The van der Waals surface area contributed by atoms with E-state index in [-0.39, 0.29) is 18.2 Å². The maximum absolute atomic E-state index is 14.0. The average molecular weight is 344 g/mol. The van der Waals surface area contributed by atoms with Crippen molar-refractivity contribution in [3.8, 4) is 5.75 Å². The Morgan fingerprint density at radius 2 is 1.76 bits per heavy atom. The van der Waals surface area contributed by atoms with Gasteiger partial charge in [-0.3, -0.25) is 9.78 Å². The number of nitrogens with zero attached hydrogens (tertiary/aromatic N) is 2. The number of carbonyl (C=O) groups is 1. The van der Waals surface area contributed by atoms with Crippen LogP contribution in [0.1, 0.15) is 36.0 Å². The van der Waals surface area contributed by atoms with Crippen molar-refractivity contribution in [2.24, 2.45) is 0 Å². The van der Waals surface area contributed by atoms with Gasteiger partial charge in [0.15, 0.2) is 0 Å². The molecule has 4 nitrogen and oxygen atoms in total. The van der Waals surface area contributed by atoms with Gasteiger partial charge in [-0.1, -0.05) is 6.07 Å². The quantitative estimate of drug-likeness (QED) is 0.855. The average Bonchev–Trinajstić information content (AvgIpc) is 2.86. The Morgan fingerprint density at radius 1 is 1.08 bits per heavy atom. The second kappa shape index (κ2) is 6.43. The number of hydrogen-bond acceptors (Lipinski definition) is 3. The minimum Gasteiger partial charge on any atom is -0.489 e. The van der Waals surface area contributed by atoms with Crippen LogP contribution in [0.15, 0.2) is 42.7 Å². The molecule has 0 aliphatic carbocycles. The van der Waals surface area contributed by atoms with Crippen LogP contribution in [0.25, 0.3) is 0 Å². The molecule has 2 atom stereocenters. The summed E-state index contributed by atoms with van der Waals surface area (Å²) in [5.41, 5.74) is -0.453. The molecule has 1 amide bonds. The van der Waals surface area contributed by atoms with E-state index in [4.69, 9.17) is 4.74 Å². The van der Waals surface area contributed by atoms with Crippen molar-refractivity contribution in [1.29, 1.82) is 0 Å². The fourth-order valence-corrected chi connectivity index (χ4v) is 4.00. The summed E-state index contributed by atoms with van der Waals surface area (Å²) in [4.78, 5) is 18.5. The summed E-state index contributed by atoms with van der Waals surface area (Å²) in [5, 5.41) is 0. The van der Waals surface area contributed by atoms with Gasteiger partial charge in [-0.15, -0.1) is 0 Å². The molecule has 0 N–H and O–H groups in total. The van der Waals surface area contributed by atoms with Crippen LogP contribution in [0.2, 0.25) is 0 Å². The summed E-state index contributed by atoms with van der Waals surface area (Å²) in [6.07, 6.45) is 6.31. The Labute approximate surface area is 144 Å². The lowest BCUT2D eigenvalue weighted by Crippen LogP contribution is -2.49. The fourth-order valence-electron chi connectivity index (χ4n) is 4.00. The SMILES string of the molecule is O=C(c1c(F)cccc1F)N1[C@H]2CC[C@H]1CC(Oc1cccnc1)C2. The van der Waals surface area contributed by atoms with E-state index in [0.29, 0.717) is 18.6 Å². The van der Waals surface area contributed by atoms with E-state index in [2.05, 4.69) is 4.98 Å². The number of ether oxygens (including phenoxy) is 1. The molecule has 130 valence electrons. The lowest BCUT2D eigenvalue weighted by Gasteiger charge is -2.39. The first kappa shape index (κ1) is 16.0. The zero-order valence-corrected chi connectivity index (χ0v) is 13.6. The molecule has 2 fully saturated rings. The molecule has 2 aliphatic heterocycles. The van der Waals surface area contributed by atoms with Crippen LogP contribution in [0, 0.1) is 11.6 Å². The molecule has 1 aromatic carbocycles. The van der Waals surface area contributed by atoms with Crippen molar-refractivity contribution in [2.45, 2.75) is 43.9 Å². The van der Waals surface area contributed by atoms with Gasteiger partial charge >= 0.3 is 0 Å². The van der Waals surface area contributed by atoms with Crippen molar-refractivity contribution in [3.63, 3.8) is 0 Å². The Bertz CT molecular complexity index is 750. The molecule has 0 spiro atoms. The number of carbonyl (C=O) groups excluding carboxylic acids is 1. The van der Waals surface area contributed by atoms with Crippen LogP contribution in [-0.2, 0) is 0 Å². The molecule has 0 unspecified atom stereocenters. The summed E-state index contributed by atoms with van der Waals surface area (Å²) < 4.78 is 33.9. The third-order valence-corrected chi connectivity index (χ3v) is 5.04. The maximum Gasteiger partial charge on any atom is 0.260 e. The molecular weight excluding hydrogens is 326 g/mol. The normalized spacial score (nSPS) is 25.0. The van der Waals surface area contributed by atoms with Crippen LogP contribution >= 0.6 is 0 Å². The topological polar surface area (TPSA) is 42.4 Å². The summed E-state index contributed by atoms with van der Waals surface area (Å²) in [5.74, 6) is -1.47. The number of aromatic nitrogens is 1. The standard InChI is InChI=1S/C19H18F2N2O2/c20-16-4-1-5-17(21)18(16)19(24)23-12-6-7-13(23)10-15(9-12)25-14-3-2-8-22-11-14/h1-5,8,11-13,15H,6-7,9-10H2/t12-,13-/m0/s1. The monoisotopic (exact) mass is 344 g/mol.